The van der Waals surface area contributed by atoms with Crippen LogP contribution in [0.2, 0.25) is 5.02 Å². The molecule has 1 aromatic carbocycles. The van der Waals surface area contributed by atoms with E-state index in [0.29, 0.717) is 22.2 Å². The molecule has 128 valence electrons. The fraction of sp³-hybridized carbons (Fsp3) is 0.312. The van der Waals surface area contributed by atoms with Gasteiger partial charge in [0.25, 0.3) is 0 Å². The highest BCUT2D eigenvalue weighted by molar-refractivity contribution is 6.33. The lowest BCUT2D eigenvalue weighted by Crippen LogP contribution is -2.43. The monoisotopic (exact) mass is 352 g/mol. The minimum absolute atomic E-state index is 0.0516. The zero-order valence-corrected chi connectivity index (χ0v) is 13.7. The largest absolute Gasteiger partial charge is 0.480 e. The number of carbonyl (C=O) groups excluding carboxylic acids is 1. The van der Waals surface area contributed by atoms with Gasteiger partial charge in [-0.15, -0.1) is 0 Å². The Kier molecular flexibility index (Phi) is 6.34. The van der Waals surface area contributed by atoms with Gasteiger partial charge in [-0.3, -0.25) is 4.79 Å². The van der Waals surface area contributed by atoms with E-state index in [-0.39, 0.29) is 19.4 Å². The zero-order valence-electron chi connectivity index (χ0n) is 13.0. The van der Waals surface area contributed by atoms with Gasteiger partial charge in [-0.05, 0) is 12.1 Å². The molecule has 2 N–H and O–H groups in total. The number of nitrogens with one attached hydrogen (secondary N) is 1. The summed E-state index contributed by atoms with van der Waals surface area (Å²) in [7, 11) is 1.37. The number of halogens is 1. The minimum atomic E-state index is -1.15. The molecule has 0 radical (unpaired) electrons. The van der Waals surface area contributed by atoms with Crippen molar-refractivity contribution in [3.05, 3.63) is 41.4 Å². The first-order chi connectivity index (χ1) is 11.5. The smallest absolute Gasteiger partial charge is 0.328 e. The third kappa shape index (κ3) is 4.81. The number of oxazole rings is 1. The number of carboxylic acid groups (broad SMARTS) is 1. The summed E-state index contributed by atoms with van der Waals surface area (Å²) in [6, 6.07) is 6.12. The van der Waals surface area contributed by atoms with E-state index in [0.717, 1.165) is 0 Å². The molecule has 0 saturated heterocycles. The van der Waals surface area contributed by atoms with Gasteiger partial charge in [0, 0.05) is 25.5 Å². The lowest BCUT2D eigenvalue weighted by molar-refractivity contribution is -0.143. The Morgan fingerprint density at radius 3 is 2.83 bits per heavy atom. The molecule has 0 bridgehead atoms. The SMILES string of the molecule is COCC(NC(=O)CCc1ncc(-c2ccccc2Cl)o1)C(=O)O. The molecule has 0 aliphatic heterocycles. The number of aryl methyl sites for hydroxylation is 1. The first-order valence-electron chi connectivity index (χ1n) is 7.22. The van der Waals surface area contributed by atoms with E-state index in [4.69, 9.17) is 25.9 Å². The fourth-order valence-electron chi connectivity index (χ4n) is 2.04. The molecule has 0 aliphatic rings. The van der Waals surface area contributed by atoms with Crippen molar-refractivity contribution in [2.45, 2.75) is 18.9 Å². The third-order valence-electron chi connectivity index (χ3n) is 3.23. The van der Waals surface area contributed by atoms with Crippen LogP contribution in [0.3, 0.4) is 0 Å². The average Bonchev–Trinajstić information content (AvgIpc) is 3.01. The Balaban J connectivity index is 1.92. The van der Waals surface area contributed by atoms with E-state index in [1.54, 1.807) is 12.3 Å². The lowest BCUT2D eigenvalue weighted by atomic mass is 10.2. The predicted molar refractivity (Wildman–Crippen MR) is 86.7 cm³/mol. The number of aliphatic carboxylic acids is 1. The lowest BCUT2D eigenvalue weighted by Gasteiger charge is -2.12. The number of carbonyl (C=O) groups is 2. The normalized spacial score (nSPS) is 11.9. The van der Waals surface area contributed by atoms with Gasteiger partial charge < -0.3 is 19.6 Å². The zero-order chi connectivity index (χ0) is 17.5. The Bertz CT molecular complexity index is 716. The van der Waals surface area contributed by atoms with Crippen LogP contribution in [0.1, 0.15) is 12.3 Å². The number of hydrogen-bond donors (Lipinski definition) is 2. The molecule has 2 rings (SSSR count). The highest BCUT2D eigenvalue weighted by Gasteiger charge is 2.20. The molecule has 1 atom stereocenters. The van der Waals surface area contributed by atoms with Gasteiger partial charge in [0.2, 0.25) is 5.91 Å². The van der Waals surface area contributed by atoms with Crippen LogP contribution < -0.4 is 5.32 Å². The average molecular weight is 353 g/mol. The number of aromatic nitrogens is 1. The molecule has 0 fully saturated rings. The number of rotatable bonds is 8. The maximum Gasteiger partial charge on any atom is 0.328 e. The number of benzene rings is 1. The van der Waals surface area contributed by atoms with Crippen molar-refractivity contribution >= 4 is 23.5 Å². The molecular formula is C16H17ClN2O5. The standard InChI is InChI=1S/C16H17ClN2O5/c1-23-9-12(16(21)22)19-14(20)6-7-15-18-8-13(24-15)10-4-2-3-5-11(10)17/h2-5,8,12H,6-7,9H2,1H3,(H,19,20)(H,21,22). The van der Waals surface area contributed by atoms with Crippen molar-refractivity contribution in [1.29, 1.82) is 0 Å². The number of hydrogen-bond acceptors (Lipinski definition) is 5. The van der Waals surface area contributed by atoms with E-state index >= 15 is 0 Å². The van der Waals surface area contributed by atoms with E-state index in [9.17, 15) is 9.59 Å². The first-order valence-corrected chi connectivity index (χ1v) is 7.59. The van der Waals surface area contributed by atoms with Crippen LogP contribution in [-0.4, -0.2) is 41.7 Å². The van der Waals surface area contributed by atoms with Gasteiger partial charge in [-0.1, -0.05) is 23.7 Å². The summed E-state index contributed by atoms with van der Waals surface area (Å²) in [4.78, 5) is 26.9. The van der Waals surface area contributed by atoms with Crippen molar-refractivity contribution < 1.29 is 23.8 Å². The molecular weight excluding hydrogens is 336 g/mol. The Morgan fingerprint density at radius 1 is 1.42 bits per heavy atom. The molecule has 1 amide bonds. The summed E-state index contributed by atoms with van der Waals surface area (Å²) in [5, 5.41) is 11.9. The molecule has 2 aromatic rings. The van der Waals surface area contributed by atoms with Crippen molar-refractivity contribution in [2.75, 3.05) is 13.7 Å². The Hall–Kier alpha value is -2.38. The predicted octanol–water partition coefficient (Wildman–Crippen LogP) is 2.14. The Labute approximate surface area is 143 Å². The quantitative estimate of drug-likeness (QED) is 0.754. The van der Waals surface area contributed by atoms with E-state index in [2.05, 4.69) is 10.3 Å². The van der Waals surface area contributed by atoms with E-state index < -0.39 is 17.9 Å². The third-order valence-corrected chi connectivity index (χ3v) is 3.56. The summed E-state index contributed by atoms with van der Waals surface area (Å²) in [5.41, 5.74) is 0.716. The van der Waals surface area contributed by atoms with Gasteiger partial charge in [0.15, 0.2) is 17.7 Å². The van der Waals surface area contributed by atoms with Crippen molar-refractivity contribution in [2.24, 2.45) is 0 Å². The second-order valence-electron chi connectivity index (χ2n) is 5.01. The van der Waals surface area contributed by atoms with E-state index in [1.807, 2.05) is 18.2 Å². The second-order valence-corrected chi connectivity index (χ2v) is 5.42. The molecule has 8 heteroatoms. The summed E-state index contributed by atoms with van der Waals surface area (Å²) < 4.78 is 10.3. The van der Waals surface area contributed by atoms with Crippen molar-refractivity contribution in [3.63, 3.8) is 0 Å². The number of nitrogens with zero attached hydrogens (tertiary/aromatic N) is 1. The molecule has 0 spiro atoms. The maximum absolute atomic E-state index is 11.8. The molecule has 24 heavy (non-hydrogen) atoms. The van der Waals surface area contributed by atoms with Crippen LogP contribution >= 0.6 is 11.6 Å². The van der Waals surface area contributed by atoms with Crippen LogP contribution in [0.5, 0.6) is 0 Å². The summed E-state index contributed by atoms with van der Waals surface area (Å²) in [5.74, 6) is -0.684. The highest BCUT2D eigenvalue weighted by atomic mass is 35.5. The number of methoxy groups -OCH3 is 1. The van der Waals surface area contributed by atoms with Gasteiger partial charge in [-0.2, -0.15) is 0 Å². The Morgan fingerprint density at radius 2 is 2.17 bits per heavy atom. The molecule has 1 aromatic heterocycles. The summed E-state index contributed by atoms with van der Waals surface area (Å²) in [6.45, 7) is -0.100. The number of carboxylic acids is 1. The van der Waals surface area contributed by atoms with Gasteiger partial charge >= 0.3 is 5.97 Å². The van der Waals surface area contributed by atoms with Crippen LogP contribution in [0.25, 0.3) is 11.3 Å². The molecule has 7 nitrogen and oxygen atoms in total. The number of ether oxygens (including phenoxy) is 1. The minimum Gasteiger partial charge on any atom is -0.480 e. The summed E-state index contributed by atoms with van der Waals surface area (Å²) >= 11 is 6.09. The second kappa shape index (κ2) is 8.47. The van der Waals surface area contributed by atoms with E-state index in [1.165, 1.54) is 7.11 Å². The molecule has 0 aliphatic carbocycles. The van der Waals surface area contributed by atoms with Gasteiger partial charge in [0.05, 0.1) is 17.8 Å². The van der Waals surface area contributed by atoms with Crippen molar-refractivity contribution in [3.8, 4) is 11.3 Å². The van der Waals surface area contributed by atoms with Gasteiger partial charge in [-0.25, -0.2) is 9.78 Å². The van der Waals surface area contributed by atoms with Crippen LogP contribution in [0.4, 0.5) is 0 Å². The molecule has 1 heterocycles. The number of amides is 1. The topological polar surface area (TPSA) is 102 Å². The maximum atomic E-state index is 11.8. The summed E-state index contributed by atoms with van der Waals surface area (Å²) in [6.07, 6.45) is 1.84. The fourth-order valence-corrected chi connectivity index (χ4v) is 2.27. The van der Waals surface area contributed by atoms with Crippen LogP contribution in [0, 0.1) is 0 Å². The first kappa shape index (κ1) is 18.0. The van der Waals surface area contributed by atoms with Crippen molar-refractivity contribution in [1.82, 2.24) is 10.3 Å². The molecule has 1 unspecified atom stereocenters. The van der Waals surface area contributed by atoms with Crippen LogP contribution in [-0.2, 0) is 20.7 Å². The van der Waals surface area contributed by atoms with Crippen LogP contribution in [0.15, 0.2) is 34.9 Å². The van der Waals surface area contributed by atoms with Gasteiger partial charge in [0.1, 0.15) is 0 Å². The molecule has 0 saturated carbocycles. The highest BCUT2D eigenvalue weighted by Crippen LogP contribution is 2.28.